The first-order chi connectivity index (χ1) is 32.2. The number of hydrogen-bond acceptors (Lipinski definition) is 13. The lowest BCUT2D eigenvalue weighted by Gasteiger charge is -2.62. The van der Waals surface area contributed by atoms with Crippen molar-refractivity contribution in [2.75, 3.05) is 99.0 Å². The number of hydrogen-bond donors (Lipinski definition) is 5. The Labute approximate surface area is 398 Å². The van der Waals surface area contributed by atoms with Gasteiger partial charge in [0.1, 0.15) is 17.9 Å². The number of rotatable bonds is 26. The van der Waals surface area contributed by atoms with Crippen LogP contribution in [0.5, 0.6) is 5.75 Å². The minimum Gasteiger partial charge on any atom is -0.496 e. The van der Waals surface area contributed by atoms with Crippen LogP contribution in [0.1, 0.15) is 62.0 Å². The minimum atomic E-state index is -0.920. The molecule has 370 valence electrons. The Kier molecular flexibility index (Phi) is 19.0. The summed E-state index contributed by atoms with van der Waals surface area (Å²) in [6, 6.07) is 20.7. The summed E-state index contributed by atoms with van der Waals surface area (Å²) >= 11 is 0. The fourth-order valence-electron chi connectivity index (χ4n) is 10.6. The van der Waals surface area contributed by atoms with Gasteiger partial charge in [-0.2, -0.15) is 5.06 Å². The summed E-state index contributed by atoms with van der Waals surface area (Å²) in [5.74, 6) is 0.893. The summed E-state index contributed by atoms with van der Waals surface area (Å²) in [5, 5.41) is 29.8. The largest absolute Gasteiger partial charge is 0.496 e. The van der Waals surface area contributed by atoms with Gasteiger partial charge in [-0.15, -0.1) is 0 Å². The van der Waals surface area contributed by atoms with Crippen molar-refractivity contribution in [1.29, 1.82) is 0 Å². The maximum Gasteiger partial charge on any atom is 0.251 e. The third-order valence-electron chi connectivity index (χ3n) is 14.5. The number of nitrogens with one attached hydrogen (secondary N) is 2. The second-order valence-electron chi connectivity index (χ2n) is 19.6. The number of amides is 2. The summed E-state index contributed by atoms with van der Waals surface area (Å²) in [6.07, 6.45) is 1.05. The van der Waals surface area contributed by atoms with Gasteiger partial charge in [-0.05, 0) is 85.7 Å². The smallest absolute Gasteiger partial charge is 0.251 e. The molecule has 9 atom stereocenters. The molecule has 1 saturated heterocycles. The van der Waals surface area contributed by atoms with E-state index in [9.17, 15) is 19.8 Å². The predicted molar refractivity (Wildman–Crippen MR) is 261 cm³/mol. The highest BCUT2D eigenvalue weighted by molar-refractivity contribution is 5.97. The average Bonchev–Trinajstić information content (AvgIpc) is 3.68. The van der Waals surface area contributed by atoms with E-state index in [0.717, 1.165) is 34.4 Å². The summed E-state index contributed by atoms with van der Waals surface area (Å²) < 4.78 is 22.9. The van der Waals surface area contributed by atoms with Crippen LogP contribution in [0, 0.1) is 29.1 Å². The van der Waals surface area contributed by atoms with Gasteiger partial charge in [0.25, 0.3) is 5.91 Å². The van der Waals surface area contributed by atoms with Crippen LogP contribution >= 0.6 is 0 Å². The molecular weight excluding hydrogens is 853 g/mol. The molecule has 0 radical (unpaired) electrons. The molecule has 4 fully saturated rings. The predicted octanol–water partition coefficient (Wildman–Crippen LogP) is 4.37. The summed E-state index contributed by atoms with van der Waals surface area (Å²) in [5.41, 5.74) is 10.4. The van der Waals surface area contributed by atoms with E-state index in [4.69, 9.17) is 29.5 Å². The van der Waals surface area contributed by atoms with Gasteiger partial charge >= 0.3 is 0 Å². The molecule has 0 unspecified atom stereocenters. The highest BCUT2D eigenvalue weighted by Gasteiger charge is 2.57. The number of aliphatic hydroxyl groups excluding tert-OH is 2. The second kappa shape index (κ2) is 24.4. The molecule has 1 aliphatic heterocycles. The highest BCUT2D eigenvalue weighted by atomic mass is 16.7. The Hall–Kier alpha value is -4.16. The molecule has 67 heavy (non-hydrogen) atoms. The molecule has 3 aliphatic carbocycles. The first-order valence-corrected chi connectivity index (χ1v) is 24.1. The van der Waals surface area contributed by atoms with Crippen LogP contribution in [0.3, 0.4) is 0 Å². The van der Waals surface area contributed by atoms with Crippen molar-refractivity contribution >= 4 is 17.5 Å². The van der Waals surface area contributed by atoms with E-state index in [2.05, 4.69) is 48.4 Å². The van der Waals surface area contributed by atoms with Crippen LogP contribution in [0.4, 0.5) is 5.69 Å². The molecule has 4 aliphatic rings. The fraction of sp³-hybridized carbons (Fsp3) is 0.615. The van der Waals surface area contributed by atoms with Crippen LogP contribution < -0.4 is 26.0 Å². The molecule has 15 heteroatoms. The third-order valence-corrected chi connectivity index (χ3v) is 14.5. The first-order valence-electron chi connectivity index (χ1n) is 24.1. The van der Waals surface area contributed by atoms with Gasteiger partial charge in [0.05, 0.1) is 66.0 Å². The van der Waals surface area contributed by atoms with Crippen molar-refractivity contribution in [3.05, 3.63) is 83.4 Å². The topological polar surface area (TPSA) is 181 Å². The van der Waals surface area contributed by atoms with Crippen molar-refractivity contribution < 1.29 is 43.6 Å². The van der Waals surface area contributed by atoms with Gasteiger partial charge in [-0.1, -0.05) is 69.3 Å². The summed E-state index contributed by atoms with van der Waals surface area (Å²) in [4.78, 5) is 39.3. The molecule has 3 saturated carbocycles. The molecule has 3 aromatic rings. The van der Waals surface area contributed by atoms with Crippen LogP contribution in [-0.4, -0.2) is 156 Å². The molecular formula is C52H78N6O9. The van der Waals surface area contributed by atoms with Gasteiger partial charge in [-0.25, -0.2) is 0 Å². The zero-order valence-corrected chi connectivity index (χ0v) is 41.1. The monoisotopic (exact) mass is 931 g/mol. The third kappa shape index (κ3) is 13.1. The highest BCUT2D eigenvalue weighted by Crippen LogP contribution is 2.61. The standard InChI is InChI=1S/C52H78N6O9/c1-34-44-29-40(52(44,3)4)30-45(34)55-51(62)48-47(35(2)60)46(33-59)67-58(48)31-37-15-12-16-43(49(37)63-8)38-26-39(28-42(27-38)56(5)6)50(61)54-41(25-36-13-10-9-11-14-36)32-57(7)18-20-65-22-24-66-23-21-64-19-17-53/h9-16,26-28,34-35,40-41,44-48,59-60H,17-25,29-33,53H2,1-8H3,(H,54,61)(H,55,62)/t34-,35-,40+,41+,44-,45-,46-,47+,48-/m0/s1. The number of anilines is 1. The molecule has 7 rings (SSSR count). The maximum absolute atomic E-state index is 14.4. The molecule has 15 nitrogen and oxygen atoms in total. The minimum absolute atomic E-state index is 0.0193. The lowest BCUT2D eigenvalue weighted by atomic mass is 9.45. The second-order valence-corrected chi connectivity index (χ2v) is 19.6. The van der Waals surface area contributed by atoms with E-state index in [1.54, 1.807) is 19.1 Å². The molecule has 2 amide bonds. The Morgan fingerprint density at radius 3 is 2.28 bits per heavy atom. The van der Waals surface area contributed by atoms with Crippen molar-refractivity contribution in [1.82, 2.24) is 20.6 Å². The zero-order valence-electron chi connectivity index (χ0n) is 41.1. The molecule has 0 spiro atoms. The average molecular weight is 931 g/mol. The number of nitrogens with zero attached hydrogens (tertiary/aromatic N) is 3. The maximum atomic E-state index is 14.4. The van der Waals surface area contributed by atoms with Gasteiger partial charge in [0.2, 0.25) is 5.91 Å². The van der Waals surface area contributed by atoms with E-state index in [-0.39, 0.29) is 42.5 Å². The number of ether oxygens (including phenoxy) is 4. The lowest BCUT2D eigenvalue weighted by Crippen LogP contribution is -2.62. The van der Waals surface area contributed by atoms with E-state index in [1.165, 1.54) is 6.42 Å². The number of likely N-dealkylation sites (N-methyl/N-ethyl adjacent to an activating group) is 1. The summed E-state index contributed by atoms with van der Waals surface area (Å²) in [6.45, 7) is 13.1. The van der Waals surface area contributed by atoms with Gasteiger partial charge in [0.15, 0.2) is 0 Å². The van der Waals surface area contributed by atoms with E-state index in [1.807, 2.05) is 80.6 Å². The zero-order chi connectivity index (χ0) is 48.3. The number of benzene rings is 3. The number of hydroxylamine groups is 2. The van der Waals surface area contributed by atoms with Crippen molar-refractivity contribution in [2.24, 2.45) is 34.8 Å². The van der Waals surface area contributed by atoms with Gasteiger partial charge < -0.3 is 55.3 Å². The van der Waals surface area contributed by atoms with Crippen LogP contribution in [0.2, 0.25) is 0 Å². The SMILES string of the molecule is COc1c(CN2O[C@@H](CO)[C@@H]([C@H](C)O)[C@H]2C(=O)N[C@H]2C[C@H]3C[C@@H]([C@@H]2C)C3(C)C)cccc1-c1cc(C(=O)N[C@H](Cc2ccccc2)CN(C)CCOCCOCCOCCN)cc(N(C)C)c1. The fourth-order valence-corrected chi connectivity index (χ4v) is 10.6. The quantitative estimate of drug-likeness (QED) is 0.0718. The number of carbonyl (C=O) groups is 2. The van der Waals surface area contributed by atoms with Gasteiger partial charge in [0, 0.05) is 74.1 Å². The normalized spacial score (nSPS) is 24.2. The number of nitrogens with two attached hydrogens (primary N) is 1. The molecule has 1 heterocycles. The van der Waals surface area contributed by atoms with E-state index in [0.29, 0.717) is 94.8 Å². The van der Waals surface area contributed by atoms with Gasteiger partial charge in [-0.3, -0.25) is 14.4 Å². The summed E-state index contributed by atoms with van der Waals surface area (Å²) in [7, 11) is 7.52. The molecule has 6 N–H and O–H groups in total. The number of aliphatic hydroxyl groups is 2. The number of para-hydroxylation sites is 1. The number of carbonyl (C=O) groups excluding carboxylic acids is 2. The molecule has 0 aromatic heterocycles. The molecule has 2 bridgehead atoms. The van der Waals surface area contributed by atoms with E-state index < -0.39 is 24.2 Å². The van der Waals surface area contributed by atoms with Crippen LogP contribution in [-0.2, 0) is 36.8 Å². The Morgan fingerprint density at radius 2 is 1.66 bits per heavy atom. The lowest BCUT2D eigenvalue weighted by molar-refractivity contribution is -0.183. The van der Waals surface area contributed by atoms with Crippen molar-refractivity contribution in [3.8, 4) is 16.9 Å². The van der Waals surface area contributed by atoms with Crippen LogP contribution in [0.15, 0.2) is 66.7 Å². The van der Waals surface area contributed by atoms with E-state index >= 15 is 0 Å². The Morgan fingerprint density at radius 1 is 0.955 bits per heavy atom. The first kappa shape index (κ1) is 52.2. The number of methoxy groups -OCH3 is 1. The Balaban J connectivity index is 1.18. The van der Waals surface area contributed by atoms with Crippen LogP contribution in [0.25, 0.3) is 11.1 Å². The van der Waals surface area contributed by atoms with Crippen molar-refractivity contribution in [2.45, 2.75) is 83.8 Å². The number of fused-ring (bicyclic) bond motifs is 2. The molecule has 3 aromatic carbocycles. The Bertz CT molecular complexity index is 2040. The van der Waals surface area contributed by atoms with Crippen molar-refractivity contribution in [3.63, 3.8) is 0 Å².